The number of hydrogen-bond donors (Lipinski definition) is 2. The molecule has 1 aromatic heterocycles. The van der Waals surface area contributed by atoms with Gasteiger partial charge in [0.1, 0.15) is 0 Å². The average Bonchev–Trinajstić information content (AvgIpc) is 2.57. The molecule has 13 heavy (non-hydrogen) atoms. The summed E-state index contributed by atoms with van der Waals surface area (Å²) in [4.78, 5) is 19.2. The third-order valence-corrected chi connectivity index (χ3v) is 1.90. The van der Waals surface area contributed by atoms with Gasteiger partial charge in [-0.1, -0.05) is 0 Å². The third kappa shape index (κ3) is 2.77. The molecule has 1 heterocycles. The smallest absolute Gasteiger partial charge is 0.314 e. The SMILES string of the molecule is CCN(CCc1cnc[nH]1)C(N)=O. The van der Waals surface area contributed by atoms with Crippen LogP contribution in [0.5, 0.6) is 0 Å². The zero-order chi connectivity index (χ0) is 9.68. The number of nitrogens with two attached hydrogens (primary N) is 1. The van der Waals surface area contributed by atoms with E-state index in [1.807, 2.05) is 6.92 Å². The molecule has 0 atom stereocenters. The topological polar surface area (TPSA) is 75.0 Å². The molecule has 0 aliphatic heterocycles. The third-order valence-electron chi connectivity index (χ3n) is 1.90. The van der Waals surface area contributed by atoms with Gasteiger partial charge < -0.3 is 15.6 Å². The van der Waals surface area contributed by atoms with Crippen LogP contribution >= 0.6 is 0 Å². The van der Waals surface area contributed by atoms with Gasteiger partial charge in [-0.2, -0.15) is 0 Å². The summed E-state index contributed by atoms with van der Waals surface area (Å²) in [5.41, 5.74) is 6.16. The molecule has 72 valence electrons. The standard InChI is InChI=1S/C8H14N4O/c1-2-12(8(9)13)4-3-7-5-10-6-11-7/h5-6H,2-4H2,1H3,(H2,9,13)(H,10,11). The maximum Gasteiger partial charge on any atom is 0.314 e. The predicted octanol–water partition coefficient (Wildman–Crippen LogP) is 0.353. The zero-order valence-corrected chi connectivity index (χ0v) is 7.66. The molecule has 0 saturated heterocycles. The molecular formula is C8H14N4O. The van der Waals surface area contributed by atoms with Crippen molar-refractivity contribution in [1.29, 1.82) is 0 Å². The number of imidazole rings is 1. The van der Waals surface area contributed by atoms with Crippen molar-refractivity contribution in [2.75, 3.05) is 13.1 Å². The van der Waals surface area contributed by atoms with E-state index < -0.39 is 0 Å². The summed E-state index contributed by atoms with van der Waals surface area (Å²) in [6.45, 7) is 3.18. The summed E-state index contributed by atoms with van der Waals surface area (Å²) >= 11 is 0. The van der Waals surface area contributed by atoms with Crippen molar-refractivity contribution < 1.29 is 4.79 Å². The van der Waals surface area contributed by atoms with Crippen LogP contribution in [0.3, 0.4) is 0 Å². The van der Waals surface area contributed by atoms with E-state index in [1.165, 1.54) is 0 Å². The fraction of sp³-hybridized carbons (Fsp3) is 0.500. The van der Waals surface area contributed by atoms with Gasteiger partial charge in [0, 0.05) is 31.4 Å². The maximum absolute atomic E-state index is 10.8. The van der Waals surface area contributed by atoms with Crippen LogP contribution in [0.4, 0.5) is 4.79 Å². The second-order valence-corrected chi connectivity index (χ2v) is 2.74. The first-order valence-electron chi connectivity index (χ1n) is 4.25. The fourth-order valence-electron chi connectivity index (χ4n) is 1.10. The van der Waals surface area contributed by atoms with Gasteiger partial charge in [0.2, 0.25) is 0 Å². The van der Waals surface area contributed by atoms with E-state index in [4.69, 9.17) is 5.73 Å². The van der Waals surface area contributed by atoms with Crippen LogP contribution in [0.15, 0.2) is 12.5 Å². The lowest BCUT2D eigenvalue weighted by Gasteiger charge is -2.16. The highest BCUT2D eigenvalue weighted by molar-refractivity contribution is 5.71. The second-order valence-electron chi connectivity index (χ2n) is 2.74. The summed E-state index contributed by atoms with van der Waals surface area (Å²) in [7, 11) is 0. The molecule has 0 fully saturated rings. The predicted molar refractivity (Wildman–Crippen MR) is 49.1 cm³/mol. The van der Waals surface area contributed by atoms with Crippen molar-refractivity contribution in [3.63, 3.8) is 0 Å². The van der Waals surface area contributed by atoms with E-state index in [9.17, 15) is 4.79 Å². The van der Waals surface area contributed by atoms with Crippen molar-refractivity contribution >= 4 is 6.03 Å². The number of primary amides is 1. The zero-order valence-electron chi connectivity index (χ0n) is 7.66. The van der Waals surface area contributed by atoms with Crippen LogP contribution in [0.25, 0.3) is 0 Å². The van der Waals surface area contributed by atoms with Crippen molar-refractivity contribution in [3.8, 4) is 0 Å². The highest BCUT2D eigenvalue weighted by atomic mass is 16.2. The number of carbonyl (C=O) groups excluding carboxylic acids is 1. The lowest BCUT2D eigenvalue weighted by Crippen LogP contribution is -2.36. The van der Waals surface area contributed by atoms with E-state index in [2.05, 4.69) is 9.97 Å². The molecule has 1 aromatic rings. The van der Waals surface area contributed by atoms with Crippen molar-refractivity contribution in [2.24, 2.45) is 5.73 Å². The van der Waals surface area contributed by atoms with Gasteiger partial charge in [0.15, 0.2) is 0 Å². The Morgan fingerprint density at radius 3 is 3.00 bits per heavy atom. The Kier molecular flexibility index (Phi) is 3.31. The van der Waals surface area contributed by atoms with Crippen LogP contribution < -0.4 is 5.73 Å². The summed E-state index contributed by atoms with van der Waals surface area (Å²) in [5.74, 6) is 0. The van der Waals surface area contributed by atoms with E-state index in [1.54, 1.807) is 17.4 Å². The molecule has 0 spiro atoms. The molecule has 5 heteroatoms. The quantitative estimate of drug-likeness (QED) is 0.705. The van der Waals surface area contributed by atoms with Gasteiger partial charge in [-0.3, -0.25) is 0 Å². The molecule has 2 amide bonds. The molecule has 3 N–H and O–H groups in total. The Balaban J connectivity index is 2.36. The van der Waals surface area contributed by atoms with Crippen LogP contribution in [0, 0.1) is 0 Å². The van der Waals surface area contributed by atoms with Gasteiger partial charge in [-0.25, -0.2) is 9.78 Å². The number of H-pyrrole nitrogens is 1. The largest absolute Gasteiger partial charge is 0.351 e. The molecule has 0 aliphatic carbocycles. The maximum atomic E-state index is 10.8. The van der Waals surface area contributed by atoms with Crippen LogP contribution in [0.2, 0.25) is 0 Å². The summed E-state index contributed by atoms with van der Waals surface area (Å²) < 4.78 is 0. The molecule has 0 bridgehead atoms. The van der Waals surface area contributed by atoms with Crippen molar-refractivity contribution in [2.45, 2.75) is 13.3 Å². The summed E-state index contributed by atoms with van der Waals surface area (Å²) in [5, 5.41) is 0. The Bertz CT molecular complexity index is 257. The van der Waals surface area contributed by atoms with Gasteiger partial charge in [0.25, 0.3) is 0 Å². The number of aromatic amines is 1. The van der Waals surface area contributed by atoms with Crippen LogP contribution in [-0.4, -0.2) is 34.0 Å². The minimum Gasteiger partial charge on any atom is -0.351 e. The number of rotatable bonds is 4. The van der Waals surface area contributed by atoms with Gasteiger partial charge in [-0.05, 0) is 6.92 Å². The molecule has 1 rings (SSSR count). The highest BCUT2D eigenvalue weighted by Crippen LogP contribution is 1.95. The number of nitrogens with one attached hydrogen (secondary N) is 1. The summed E-state index contributed by atoms with van der Waals surface area (Å²) in [6, 6.07) is -0.373. The minimum absolute atomic E-state index is 0.373. The molecule has 0 radical (unpaired) electrons. The normalized spacial score (nSPS) is 9.92. The van der Waals surface area contributed by atoms with E-state index >= 15 is 0 Å². The Morgan fingerprint density at radius 2 is 2.54 bits per heavy atom. The van der Waals surface area contributed by atoms with Gasteiger partial charge >= 0.3 is 6.03 Å². The first kappa shape index (κ1) is 9.57. The number of hydrogen-bond acceptors (Lipinski definition) is 2. The molecule has 0 aromatic carbocycles. The lowest BCUT2D eigenvalue weighted by molar-refractivity contribution is 0.211. The van der Waals surface area contributed by atoms with Crippen LogP contribution in [-0.2, 0) is 6.42 Å². The number of likely N-dealkylation sites (N-methyl/N-ethyl adjacent to an activating group) is 1. The van der Waals surface area contributed by atoms with Gasteiger partial charge in [0.05, 0.1) is 6.33 Å². The van der Waals surface area contributed by atoms with Crippen molar-refractivity contribution in [3.05, 3.63) is 18.2 Å². The highest BCUT2D eigenvalue weighted by Gasteiger charge is 2.06. The molecule has 0 saturated carbocycles. The fourth-order valence-corrected chi connectivity index (χ4v) is 1.10. The molecule has 0 aliphatic rings. The molecular weight excluding hydrogens is 168 g/mol. The van der Waals surface area contributed by atoms with E-state index in [-0.39, 0.29) is 6.03 Å². The molecule has 5 nitrogen and oxygen atoms in total. The number of carbonyl (C=O) groups is 1. The van der Waals surface area contributed by atoms with Crippen LogP contribution in [0.1, 0.15) is 12.6 Å². The van der Waals surface area contributed by atoms with E-state index in [0.29, 0.717) is 13.1 Å². The monoisotopic (exact) mass is 182 g/mol. The summed E-state index contributed by atoms with van der Waals surface area (Å²) in [6.07, 6.45) is 4.13. The second kappa shape index (κ2) is 4.49. The molecule has 0 unspecified atom stereocenters. The number of nitrogens with zero attached hydrogens (tertiary/aromatic N) is 2. The Labute approximate surface area is 76.9 Å². The Morgan fingerprint density at radius 1 is 1.77 bits per heavy atom. The number of aromatic nitrogens is 2. The first-order chi connectivity index (χ1) is 6.24. The lowest BCUT2D eigenvalue weighted by atomic mass is 10.3. The number of urea groups is 1. The minimum atomic E-state index is -0.373. The van der Waals surface area contributed by atoms with Gasteiger partial charge in [-0.15, -0.1) is 0 Å². The number of amides is 2. The Hall–Kier alpha value is -1.52. The first-order valence-corrected chi connectivity index (χ1v) is 4.25. The average molecular weight is 182 g/mol. The van der Waals surface area contributed by atoms with E-state index in [0.717, 1.165) is 12.1 Å². The van der Waals surface area contributed by atoms with Crippen molar-refractivity contribution in [1.82, 2.24) is 14.9 Å².